The number of imidazole rings is 1. The quantitative estimate of drug-likeness (QED) is 0.484. The van der Waals surface area contributed by atoms with Gasteiger partial charge < -0.3 is 20.0 Å². The number of amides is 1. The molecule has 0 spiro atoms. The number of carbonyl (C=O) groups is 1. The molecule has 1 fully saturated rings. The number of benzene rings is 2. The normalized spacial score (nSPS) is 16.8. The van der Waals surface area contributed by atoms with Gasteiger partial charge in [0, 0.05) is 13.2 Å². The van der Waals surface area contributed by atoms with Gasteiger partial charge in [0.25, 0.3) is 15.9 Å². The predicted octanol–water partition coefficient (Wildman–Crippen LogP) is 1.57. The minimum atomic E-state index is -3.97. The number of rotatable bonds is 6. The molecule has 29 heavy (non-hydrogen) atoms. The highest BCUT2D eigenvalue weighted by Gasteiger charge is 2.21. The topological polar surface area (TPSA) is 133 Å². The van der Waals surface area contributed by atoms with E-state index in [4.69, 9.17) is 4.74 Å². The van der Waals surface area contributed by atoms with E-state index in [0.717, 1.165) is 12.8 Å². The minimum absolute atomic E-state index is 0.0157. The molecule has 1 aromatic heterocycles. The van der Waals surface area contributed by atoms with Gasteiger partial charge in [0.1, 0.15) is 0 Å². The number of nitrogens with one attached hydrogen (secondary N) is 4. The summed E-state index contributed by atoms with van der Waals surface area (Å²) in [6, 6.07) is 10.6. The van der Waals surface area contributed by atoms with Crippen molar-refractivity contribution in [1.29, 1.82) is 0 Å². The Morgan fingerprint density at radius 2 is 1.93 bits per heavy atom. The lowest BCUT2D eigenvalue weighted by Gasteiger charge is -2.14. The first-order valence-electron chi connectivity index (χ1n) is 9.16. The van der Waals surface area contributed by atoms with Gasteiger partial charge in [-0.05, 0) is 43.2 Å². The Morgan fingerprint density at radius 3 is 2.72 bits per heavy atom. The Bertz CT molecular complexity index is 1210. The van der Waals surface area contributed by atoms with Crippen molar-refractivity contribution in [2.24, 2.45) is 0 Å². The summed E-state index contributed by atoms with van der Waals surface area (Å²) < 4.78 is 33.6. The molecule has 0 aliphatic carbocycles. The van der Waals surface area contributed by atoms with Gasteiger partial charge in [-0.2, -0.15) is 0 Å². The molecule has 9 nitrogen and oxygen atoms in total. The fourth-order valence-electron chi connectivity index (χ4n) is 3.26. The third kappa shape index (κ3) is 4.17. The minimum Gasteiger partial charge on any atom is -0.376 e. The number of hydrogen-bond donors (Lipinski definition) is 4. The Morgan fingerprint density at radius 1 is 1.14 bits per heavy atom. The maximum absolute atomic E-state index is 12.8. The van der Waals surface area contributed by atoms with Crippen LogP contribution in [0.15, 0.2) is 52.2 Å². The fraction of sp³-hybridized carbons (Fsp3) is 0.263. The zero-order valence-electron chi connectivity index (χ0n) is 15.4. The zero-order valence-corrected chi connectivity index (χ0v) is 16.2. The summed E-state index contributed by atoms with van der Waals surface area (Å²) in [5.74, 6) is -0.385. The van der Waals surface area contributed by atoms with Crippen LogP contribution in [-0.2, 0) is 14.8 Å². The smallest absolute Gasteiger partial charge is 0.323 e. The van der Waals surface area contributed by atoms with Crippen LogP contribution in [0.25, 0.3) is 11.0 Å². The van der Waals surface area contributed by atoms with Crippen molar-refractivity contribution in [3.63, 3.8) is 0 Å². The molecule has 2 aromatic carbocycles. The number of ether oxygens (including phenoxy) is 1. The average Bonchev–Trinajstić information content (AvgIpc) is 3.34. The summed E-state index contributed by atoms with van der Waals surface area (Å²) in [5.41, 5.74) is 0.837. The van der Waals surface area contributed by atoms with Crippen molar-refractivity contribution in [3.05, 3.63) is 58.5 Å². The highest BCUT2D eigenvalue weighted by atomic mass is 32.2. The van der Waals surface area contributed by atoms with Gasteiger partial charge in [0.05, 0.1) is 33.3 Å². The summed E-state index contributed by atoms with van der Waals surface area (Å²) in [6.45, 7) is 1.06. The standard InChI is InChI=1S/C19H20N4O5S/c24-18(20-11-12-4-3-9-28-12)14-5-1-2-6-15(14)23-29(26,27)13-7-8-16-17(10-13)22-19(25)21-16/h1-2,5-8,10,12,23H,3-4,9,11H2,(H,20,24)(H2,21,22,25)/t12-/m0/s1. The summed E-state index contributed by atoms with van der Waals surface area (Å²) in [7, 11) is -3.97. The van der Waals surface area contributed by atoms with Gasteiger partial charge in [-0.3, -0.25) is 9.52 Å². The van der Waals surface area contributed by atoms with Crippen LogP contribution in [0.1, 0.15) is 23.2 Å². The van der Waals surface area contributed by atoms with Crippen molar-refractivity contribution in [2.45, 2.75) is 23.8 Å². The van der Waals surface area contributed by atoms with E-state index in [1.165, 1.54) is 24.3 Å². The molecule has 1 aliphatic rings. The second kappa shape index (κ2) is 7.72. The number of hydrogen-bond acceptors (Lipinski definition) is 5. The van der Waals surface area contributed by atoms with E-state index in [1.807, 2.05) is 0 Å². The van der Waals surface area contributed by atoms with E-state index >= 15 is 0 Å². The number of fused-ring (bicyclic) bond motifs is 1. The summed E-state index contributed by atoms with van der Waals surface area (Å²) in [5, 5.41) is 2.79. The zero-order chi connectivity index (χ0) is 20.4. The second-order valence-electron chi connectivity index (χ2n) is 6.78. The molecule has 2 heterocycles. The van der Waals surface area contributed by atoms with Crippen LogP contribution < -0.4 is 15.7 Å². The van der Waals surface area contributed by atoms with Gasteiger partial charge in [0.15, 0.2) is 0 Å². The molecule has 10 heteroatoms. The summed E-state index contributed by atoms with van der Waals surface area (Å²) in [4.78, 5) is 29.0. The molecule has 0 unspecified atom stereocenters. The summed E-state index contributed by atoms with van der Waals surface area (Å²) in [6.07, 6.45) is 1.84. The molecule has 1 atom stereocenters. The van der Waals surface area contributed by atoms with Crippen molar-refractivity contribution in [2.75, 3.05) is 17.9 Å². The molecule has 1 saturated heterocycles. The lowest BCUT2D eigenvalue weighted by Crippen LogP contribution is -2.32. The molecule has 1 amide bonds. The van der Waals surface area contributed by atoms with E-state index in [2.05, 4.69) is 20.0 Å². The predicted molar refractivity (Wildman–Crippen MR) is 107 cm³/mol. The molecule has 152 valence electrons. The molecule has 1 aliphatic heterocycles. The lowest BCUT2D eigenvalue weighted by molar-refractivity contribution is 0.0858. The SMILES string of the molecule is O=C(NC[C@@H]1CCCO1)c1ccccc1NS(=O)(=O)c1ccc2[nH]c(=O)[nH]c2c1. The van der Waals surface area contributed by atoms with Crippen molar-refractivity contribution in [1.82, 2.24) is 15.3 Å². The molecule has 4 rings (SSSR count). The Kier molecular flexibility index (Phi) is 5.12. The van der Waals surface area contributed by atoms with Crippen molar-refractivity contribution < 1.29 is 17.9 Å². The Hall–Kier alpha value is -3.11. The number of H-pyrrole nitrogens is 2. The maximum atomic E-state index is 12.8. The van der Waals surface area contributed by atoms with Gasteiger partial charge in [-0.15, -0.1) is 0 Å². The largest absolute Gasteiger partial charge is 0.376 e. The molecular weight excluding hydrogens is 396 g/mol. The van der Waals surface area contributed by atoms with Gasteiger partial charge in [-0.25, -0.2) is 13.2 Å². The molecule has 0 saturated carbocycles. The first-order valence-corrected chi connectivity index (χ1v) is 10.6. The van der Waals surface area contributed by atoms with E-state index in [9.17, 15) is 18.0 Å². The van der Waals surface area contributed by atoms with Crippen LogP contribution in [0, 0.1) is 0 Å². The van der Waals surface area contributed by atoms with E-state index in [0.29, 0.717) is 24.2 Å². The van der Waals surface area contributed by atoms with Crippen LogP contribution in [-0.4, -0.2) is 43.5 Å². The molecule has 0 radical (unpaired) electrons. The molecule has 4 N–H and O–H groups in total. The van der Waals surface area contributed by atoms with Gasteiger partial charge in [0.2, 0.25) is 0 Å². The van der Waals surface area contributed by atoms with E-state index in [-0.39, 0.29) is 28.2 Å². The third-order valence-electron chi connectivity index (χ3n) is 4.73. The van der Waals surface area contributed by atoms with Crippen LogP contribution >= 0.6 is 0 Å². The number of aromatic nitrogens is 2. The second-order valence-corrected chi connectivity index (χ2v) is 8.47. The first-order chi connectivity index (χ1) is 13.9. The number of para-hydroxylation sites is 1. The van der Waals surface area contributed by atoms with Crippen LogP contribution in [0.3, 0.4) is 0 Å². The van der Waals surface area contributed by atoms with E-state index < -0.39 is 15.7 Å². The van der Waals surface area contributed by atoms with Gasteiger partial charge in [-0.1, -0.05) is 12.1 Å². The number of sulfonamides is 1. The lowest BCUT2D eigenvalue weighted by atomic mass is 10.1. The number of aromatic amines is 2. The highest BCUT2D eigenvalue weighted by molar-refractivity contribution is 7.92. The van der Waals surface area contributed by atoms with E-state index in [1.54, 1.807) is 18.2 Å². The summed E-state index contributed by atoms with van der Waals surface area (Å²) >= 11 is 0. The van der Waals surface area contributed by atoms with Crippen LogP contribution in [0.2, 0.25) is 0 Å². The maximum Gasteiger partial charge on any atom is 0.323 e. The Balaban J connectivity index is 1.56. The molecule has 3 aromatic rings. The average molecular weight is 416 g/mol. The highest BCUT2D eigenvalue weighted by Crippen LogP contribution is 2.22. The monoisotopic (exact) mass is 416 g/mol. The first kappa shape index (κ1) is 19.2. The fourth-order valence-corrected chi connectivity index (χ4v) is 4.37. The Labute approximate surface area is 166 Å². The van der Waals surface area contributed by atoms with Crippen LogP contribution in [0.5, 0.6) is 0 Å². The van der Waals surface area contributed by atoms with Crippen molar-refractivity contribution in [3.8, 4) is 0 Å². The molecular formula is C19H20N4O5S. The van der Waals surface area contributed by atoms with Crippen LogP contribution in [0.4, 0.5) is 5.69 Å². The number of anilines is 1. The third-order valence-corrected chi connectivity index (χ3v) is 6.09. The van der Waals surface area contributed by atoms with Crippen molar-refractivity contribution >= 4 is 32.7 Å². The molecule has 0 bridgehead atoms. The van der Waals surface area contributed by atoms with Gasteiger partial charge >= 0.3 is 5.69 Å². The number of carbonyl (C=O) groups excluding carboxylic acids is 1.